The molecule has 0 saturated heterocycles. The fraction of sp³-hybridized carbons (Fsp3) is 0.143. The van der Waals surface area contributed by atoms with E-state index in [1.54, 1.807) is 13.0 Å². The number of para-hydroxylation sites is 2. The van der Waals surface area contributed by atoms with Crippen LogP contribution in [0.1, 0.15) is 33.5 Å². The maximum atomic E-state index is 12.7. The minimum absolute atomic E-state index is 0.169. The summed E-state index contributed by atoms with van der Waals surface area (Å²) in [4.78, 5) is 20.7. The van der Waals surface area contributed by atoms with Crippen molar-refractivity contribution < 1.29 is 9.21 Å². The van der Waals surface area contributed by atoms with E-state index in [2.05, 4.69) is 15.3 Å². The minimum Gasteiger partial charge on any atom is -0.469 e. The van der Waals surface area contributed by atoms with Crippen molar-refractivity contribution in [1.29, 1.82) is 0 Å². The first kappa shape index (κ1) is 16.1. The number of aromatic nitrogens is 2. The van der Waals surface area contributed by atoms with Gasteiger partial charge in [-0.1, -0.05) is 42.5 Å². The standard InChI is InChI=1S/C21H19N3O2/c1-14-16(11-12-26-14)21(25)24-19(13-15-7-3-2-4-8-15)20-22-17-9-5-6-10-18(17)23-20/h2-12,19H,13H2,1H3,(H,22,23)(H,24,25)/t19-/m0/s1. The van der Waals surface area contributed by atoms with E-state index in [0.717, 1.165) is 22.4 Å². The third kappa shape index (κ3) is 3.24. The Kier molecular flexibility index (Phi) is 4.27. The van der Waals surface area contributed by atoms with E-state index in [-0.39, 0.29) is 11.9 Å². The molecule has 130 valence electrons. The maximum Gasteiger partial charge on any atom is 0.255 e. The Balaban J connectivity index is 1.66. The third-order valence-electron chi connectivity index (χ3n) is 4.43. The van der Waals surface area contributed by atoms with Crippen molar-refractivity contribution in [3.05, 3.63) is 89.6 Å². The second-order valence-electron chi connectivity index (χ2n) is 6.25. The Morgan fingerprint density at radius 2 is 1.88 bits per heavy atom. The molecule has 0 saturated carbocycles. The Morgan fingerprint density at radius 3 is 2.62 bits per heavy atom. The largest absolute Gasteiger partial charge is 0.469 e. The Morgan fingerprint density at radius 1 is 1.12 bits per heavy atom. The summed E-state index contributed by atoms with van der Waals surface area (Å²) < 4.78 is 5.25. The molecule has 5 heteroatoms. The smallest absolute Gasteiger partial charge is 0.255 e. The monoisotopic (exact) mass is 345 g/mol. The summed E-state index contributed by atoms with van der Waals surface area (Å²) >= 11 is 0. The lowest BCUT2D eigenvalue weighted by molar-refractivity contribution is 0.0933. The van der Waals surface area contributed by atoms with Gasteiger partial charge in [-0.05, 0) is 37.1 Å². The van der Waals surface area contributed by atoms with Crippen LogP contribution in [0.2, 0.25) is 0 Å². The van der Waals surface area contributed by atoms with E-state index < -0.39 is 0 Å². The second-order valence-corrected chi connectivity index (χ2v) is 6.25. The first-order valence-electron chi connectivity index (χ1n) is 8.54. The van der Waals surface area contributed by atoms with Gasteiger partial charge in [0.25, 0.3) is 5.91 Å². The summed E-state index contributed by atoms with van der Waals surface area (Å²) in [6, 6.07) is 19.3. The molecule has 0 radical (unpaired) electrons. The Bertz CT molecular complexity index is 1000. The van der Waals surface area contributed by atoms with E-state index in [1.165, 1.54) is 6.26 Å². The first-order chi connectivity index (χ1) is 12.7. The Labute approximate surface area is 151 Å². The molecule has 0 bridgehead atoms. The average Bonchev–Trinajstić information content (AvgIpc) is 3.28. The quantitative estimate of drug-likeness (QED) is 0.570. The number of carbonyl (C=O) groups excluding carboxylic acids is 1. The summed E-state index contributed by atoms with van der Waals surface area (Å²) in [6.07, 6.45) is 2.17. The van der Waals surface area contributed by atoms with Gasteiger partial charge in [-0.2, -0.15) is 0 Å². The number of nitrogens with one attached hydrogen (secondary N) is 2. The molecule has 0 aliphatic rings. The molecule has 0 fully saturated rings. The number of carbonyl (C=O) groups is 1. The number of furan rings is 1. The van der Waals surface area contributed by atoms with Gasteiger partial charge in [-0.3, -0.25) is 4.79 Å². The highest BCUT2D eigenvalue weighted by Gasteiger charge is 2.21. The normalized spacial score (nSPS) is 12.2. The SMILES string of the molecule is Cc1occc1C(=O)N[C@@H](Cc1ccccc1)c1nc2ccccc2[nH]1. The number of benzene rings is 2. The molecule has 2 aromatic carbocycles. The van der Waals surface area contributed by atoms with Gasteiger partial charge in [0.15, 0.2) is 0 Å². The zero-order valence-electron chi connectivity index (χ0n) is 14.4. The maximum absolute atomic E-state index is 12.7. The molecule has 4 rings (SSSR count). The van der Waals surface area contributed by atoms with Crippen LogP contribution in [0.4, 0.5) is 0 Å². The molecule has 1 amide bonds. The molecule has 1 atom stereocenters. The summed E-state index contributed by atoms with van der Waals surface area (Å²) in [5.41, 5.74) is 3.50. The van der Waals surface area contributed by atoms with Crippen LogP contribution in [-0.4, -0.2) is 15.9 Å². The van der Waals surface area contributed by atoms with Gasteiger partial charge in [-0.25, -0.2) is 4.98 Å². The zero-order chi connectivity index (χ0) is 17.9. The van der Waals surface area contributed by atoms with Crippen molar-refractivity contribution in [2.45, 2.75) is 19.4 Å². The molecular weight excluding hydrogens is 326 g/mol. The number of rotatable bonds is 5. The van der Waals surface area contributed by atoms with Crippen molar-refractivity contribution >= 4 is 16.9 Å². The Hall–Kier alpha value is -3.34. The van der Waals surface area contributed by atoms with Crippen LogP contribution in [0, 0.1) is 6.92 Å². The fourth-order valence-corrected chi connectivity index (χ4v) is 3.06. The third-order valence-corrected chi connectivity index (χ3v) is 4.43. The predicted octanol–water partition coefficient (Wildman–Crippen LogP) is 4.18. The molecular formula is C21H19N3O2. The number of imidazole rings is 1. The number of nitrogens with zero attached hydrogens (tertiary/aromatic N) is 1. The molecule has 26 heavy (non-hydrogen) atoms. The lowest BCUT2D eigenvalue weighted by atomic mass is 10.0. The second kappa shape index (κ2) is 6.88. The van der Waals surface area contributed by atoms with Gasteiger partial charge in [0.1, 0.15) is 11.6 Å². The van der Waals surface area contributed by atoms with Crippen LogP contribution in [0.5, 0.6) is 0 Å². The molecule has 0 unspecified atom stereocenters. The van der Waals surface area contributed by atoms with Crippen molar-refractivity contribution in [3.63, 3.8) is 0 Å². The van der Waals surface area contributed by atoms with Gasteiger partial charge < -0.3 is 14.7 Å². The number of hydrogen-bond donors (Lipinski definition) is 2. The first-order valence-corrected chi connectivity index (χ1v) is 8.54. The fourth-order valence-electron chi connectivity index (χ4n) is 3.06. The van der Waals surface area contributed by atoms with Crippen molar-refractivity contribution in [2.75, 3.05) is 0 Å². The van der Waals surface area contributed by atoms with Crippen LogP contribution >= 0.6 is 0 Å². The molecule has 5 nitrogen and oxygen atoms in total. The van der Waals surface area contributed by atoms with Crippen LogP contribution in [0.15, 0.2) is 71.3 Å². The summed E-state index contributed by atoms with van der Waals surface area (Å²) in [6.45, 7) is 1.78. The van der Waals surface area contributed by atoms with Crippen LogP contribution in [-0.2, 0) is 6.42 Å². The summed E-state index contributed by atoms with van der Waals surface area (Å²) in [5.74, 6) is 1.17. The van der Waals surface area contributed by atoms with E-state index >= 15 is 0 Å². The molecule has 4 aromatic rings. The van der Waals surface area contributed by atoms with E-state index in [0.29, 0.717) is 17.7 Å². The molecule has 2 heterocycles. The zero-order valence-corrected chi connectivity index (χ0v) is 14.4. The molecule has 2 N–H and O–H groups in total. The molecule has 2 aromatic heterocycles. The van der Waals surface area contributed by atoms with E-state index in [4.69, 9.17) is 4.42 Å². The lowest BCUT2D eigenvalue weighted by Crippen LogP contribution is -2.30. The number of fused-ring (bicyclic) bond motifs is 1. The molecule has 0 aliphatic carbocycles. The average molecular weight is 345 g/mol. The molecule has 0 aliphatic heterocycles. The van der Waals surface area contributed by atoms with Gasteiger partial charge in [-0.15, -0.1) is 0 Å². The topological polar surface area (TPSA) is 70.9 Å². The van der Waals surface area contributed by atoms with Crippen molar-refractivity contribution in [1.82, 2.24) is 15.3 Å². The highest BCUT2D eigenvalue weighted by atomic mass is 16.3. The predicted molar refractivity (Wildman–Crippen MR) is 99.9 cm³/mol. The summed E-state index contributed by atoms with van der Waals surface area (Å²) in [7, 11) is 0. The van der Waals surface area contributed by atoms with Crippen molar-refractivity contribution in [3.8, 4) is 0 Å². The van der Waals surface area contributed by atoms with Gasteiger partial charge in [0, 0.05) is 0 Å². The van der Waals surface area contributed by atoms with Crippen LogP contribution < -0.4 is 5.32 Å². The van der Waals surface area contributed by atoms with Gasteiger partial charge >= 0.3 is 0 Å². The number of hydrogen-bond acceptors (Lipinski definition) is 3. The number of aromatic amines is 1. The highest BCUT2D eigenvalue weighted by Crippen LogP contribution is 2.21. The highest BCUT2D eigenvalue weighted by molar-refractivity contribution is 5.95. The lowest BCUT2D eigenvalue weighted by Gasteiger charge is -2.17. The number of amides is 1. The van der Waals surface area contributed by atoms with Crippen LogP contribution in [0.3, 0.4) is 0 Å². The minimum atomic E-state index is -0.272. The summed E-state index contributed by atoms with van der Waals surface area (Å²) in [5, 5.41) is 3.09. The van der Waals surface area contributed by atoms with E-state index in [9.17, 15) is 4.79 Å². The van der Waals surface area contributed by atoms with E-state index in [1.807, 2.05) is 54.6 Å². The van der Waals surface area contributed by atoms with Gasteiger partial charge in [0.2, 0.25) is 0 Å². The van der Waals surface area contributed by atoms with Gasteiger partial charge in [0.05, 0.1) is 28.9 Å². The number of aryl methyl sites for hydroxylation is 1. The number of H-pyrrole nitrogens is 1. The molecule has 0 spiro atoms. The van der Waals surface area contributed by atoms with Crippen LogP contribution in [0.25, 0.3) is 11.0 Å². The van der Waals surface area contributed by atoms with Crippen molar-refractivity contribution in [2.24, 2.45) is 0 Å².